The second-order valence-electron chi connectivity index (χ2n) is 5.93. The molecule has 4 aromatic rings. The van der Waals surface area contributed by atoms with Gasteiger partial charge in [0.1, 0.15) is 17.1 Å². The SMILES string of the molecule is Oc1c([C@H](Nc2ccccn2)c2cccc(Br)c2)ccc2cccnc12. The lowest BCUT2D eigenvalue weighted by atomic mass is 9.96. The van der Waals surface area contributed by atoms with Crippen LogP contribution in [0, 0.1) is 0 Å². The summed E-state index contributed by atoms with van der Waals surface area (Å²) in [4.78, 5) is 8.70. The molecule has 2 N–H and O–H groups in total. The number of halogens is 1. The number of benzene rings is 2. The van der Waals surface area contributed by atoms with Crippen LogP contribution in [0.15, 0.2) is 83.6 Å². The van der Waals surface area contributed by atoms with Gasteiger partial charge in [-0.25, -0.2) is 4.98 Å². The highest BCUT2D eigenvalue weighted by molar-refractivity contribution is 9.10. The minimum absolute atomic E-state index is 0.177. The number of hydrogen-bond donors (Lipinski definition) is 2. The van der Waals surface area contributed by atoms with E-state index in [1.165, 1.54) is 0 Å². The molecule has 0 bridgehead atoms. The number of phenols is 1. The van der Waals surface area contributed by atoms with Crippen LogP contribution in [0.2, 0.25) is 0 Å². The molecule has 5 heteroatoms. The van der Waals surface area contributed by atoms with Crippen LogP contribution in [-0.4, -0.2) is 15.1 Å². The molecular weight excluding hydrogens is 390 g/mol. The van der Waals surface area contributed by atoms with E-state index >= 15 is 0 Å². The molecule has 0 saturated heterocycles. The van der Waals surface area contributed by atoms with Crippen LogP contribution < -0.4 is 5.32 Å². The standard InChI is InChI=1S/C21H16BrN3O/c22-16-7-3-5-15(13-16)19(25-18-8-1-2-11-23-18)17-10-9-14-6-4-12-24-20(14)21(17)26/h1-13,19,26H,(H,23,25)/t19-/m1/s1. The van der Waals surface area contributed by atoms with Crippen molar-refractivity contribution in [2.75, 3.05) is 5.32 Å². The van der Waals surface area contributed by atoms with Gasteiger partial charge in [0.25, 0.3) is 0 Å². The molecule has 0 amide bonds. The van der Waals surface area contributed by atoms with Gasteiger partial charge in [0.2, 0.25) is 0 Å². The van der Waals surface area contributed by atoms with E-state index < -0.39 is 0 Å². The largest absolute Gasteiger partial charge is 0.505 e. The summed E-state index contributed by atoms with van der Waals surface area (Å²) < 4.78 is 0.973. The Bertz CT molecular complexity index is 1050. The minimum atomic E-state index is -0.270. The minimum Gasteiger partial charge on any atom is -0.505 e. The fourth-order valence-electron chi connectivity index (χ4n) is 3.00. The van der Waals surface area contributed by atoms with Crippen molar-refractivity contribution in [3.05, 3.63) is 94.7 Å². The van der Waals surface area contributed by atoms with Crippen molar-refractivity contribution in [1.29, 1.82) is 0 Å². The zero-order chi connectivity index (χ0) is 17.9. The van der Waals surface area contributed by atoms with Gasteiger partial charge in [0.15, 0.2) is 0 Å². The Morgan fingerprint density at radius 3 is 2.58 bits per heavy atom. The normalized spacial score (nSPS) is 12.0. The zero-order valence-corrected chi connectivity index (χ0v) is 15.4. The lowest BCUT2D eigenvalue weighted by molar-refractivity contribution is 0.471. The Morgan fingerprint density at radius 1 is 0.885 bits per heavy atom. The molecule has 0 aliphatic carbocycles. The second-order valence-corrected chi connectivity index (χ2v) is 6.84. The Labute approximate surface area is 159 Å². The summed E-state index contributed by atoms with van der Waals surface area (Å²) >= 11 is 3.53. The first-order valence-electron chi connectivity index (χ1n) is 8.22. The molecule has 0 radical (unpaired) electrons. The lowest BCUT2D eigenvalue weighted by Crippen LogP contribution is -2.13. The number of nitrogens with one attached hydrogen (secondary N) is 1. The summed E-state index contributed by atoms with van der Waals surface area (Å²) in [5.41, 5.74) is 2.35. The molecule has 4 rings (SSSR count). The Balaban J connectivity index is 1.86. The number of anilines is 1. The predicted molar refractivity (Wildman–Crippen MR) is 107 cm³/mol. The molecular formula is C21H16BrN3O. The molecule has 2 aromatic heterocycles. The molecule has 4 nitrogen and oxygen atoms in total. The molecule has 128 valence electrons. The number of aromatic nitrogens is 2. The van der Waals surface area contributed by atoms with Gasteiger partial charge in [-0.1, -0.05) is 52.3 Å². The Morgan fingerprint density at radius 2 is 1.77 bits per heavy atom. The van der Waals surface area contributed by atoms with Crippen LogP contribution in [0.25, 0.3) is 10.9 Å². The number of phenolic OH excluding ortho intramolecular Hbond substituents is 1. The number of aromatic hydroxyl groups is 1. The van der Waals surface area contributed by atoms with Crippen LogP contribution in [-0.2, 0) is 0 Å². The fourth-order valence-corrected chi connectivity index (χ4v) is 3.42. The molecule has 0 spiro atoms. The number of fused-ring (bicyclic) bond motifs is 1. The molecule has 0 fully saturated rings. The summed E-state index contributed by atoms with van der Waals surface area (Å²) in [7, 11) is 0. The van der Waals surface area contributed by atoms with Crippen LogP contribution in [0.5, 0.6) is 5.75 Å². The van der Waals surface area contributed by atoms with Crippen molar-refractivity contribution in [2.24, 2.45) is 0 Å². The quantitative estimate of drug-likeness (QED) is 0.483. The first kappa shape index (κ1) is 16.5. The lowest BCUT2D eigenvalue weighted by Gasteiger charge is -2.22. The summed E-state index contributed by atoms with van der Waals surface area (Å²) in [5.74, 6) is 0.912. The molecule has 1 atom stereocenters. The van der Waals surface area contributed by atoms with E-state index in [4.69, 9.17) is 0 Å². The average molecular weight is 406 g/mol. The van der Waals surface area contributed by atoms with E-state index in [0.717, 1.165) is 26.8 Å². The van der Waals surface area contributed by atoms with Crippen molar-refractivity contribution in [1.82, 2.24) is 9.97 Å². The van der Waals surface area contributed by atoms with Crippen LogP contribution in [0.3, 0.4) is 0 Å². The Kier molecular flexibility index (Phi) is 4.54. The van der Waals surface area contributed by atoms with E-state index in [0.29, 0.717) is 5.52 Å². The van der Waals surface area contributed by atoms with Gasteiger partial charge in [-0.2, -0.15) is 0 Å². The second kappa shape index (κ2) is 7.14. The summed E-state index contributed by atoms with van der Waals surface area (Å²) in [6.07, 6.45) is 3.42. The smallest absolute Gasteiger partial charge is 0.147 e. The van der Waals surface area contributed by atoms with Crippen LogP contribution in [0.4, 0.5) is 5.82 Å². The highest BCUT2D eigenvalue weighted by Gasteiger charge is 2.20. The average Bonchev–Trinajstić information content (AvgIpc) is 2.68. The molecule has 0 aliphatic rings. The van der Waals surface area contributed by atoms with Crippen LogP contribution >= 0.6 is 15.9 Å². The molecule has 0 saturated carbocycles. The topological polar surface area (TPSA) is 58.0 Å². The van der Waals surface area contributed by atoms with Gasteiger partial charge in [-0.15, -0.1) is 0 Å². The first-order chi connectivity index (χ1) is 12.7. The Hall–Kier alpha value is -2.92. The highest BCUT2D eigenvalue weighted by Crippen LogP contribution is 2.36. The molecule has 2 heterocycles. The van der Waals surface area contributed by atoms with Crippen molar-refractivity contribution >= 4 is 32.7 Å². The zero-order valence-electron chi connectivity index (χ0n) is 13.8. The van der Waals surface area contributed by atoms with E-state index in [-0.39, 0.29) is 11.8 Å². The third-order valence-corrected chi connectivity index (χ3v) is 4.72. The number of hydrogen-bond acceptors (Lipinski definition) is 4. The van der Waals surface area contributed by atoms with Gasteiger partial charge in [-0.3, -0.25) is 4.98 Å². The molecule has 0 unspecified atom stereocenters. The molecule has 26 heavy (non-hydrogen) atoms. The number of nitrogens with zero attached hydrogens (tertiary/aromatic N) is 2. The van der Waals surface area contributed by atoms with E-state index in [1.54, 1.807) is 12.4 Å². The summed E-state index contributed by atoms with van der Waals surface area (Å²) in [6.45, 7) is 0. The predicted octanol–water partition coefficient (Wildman–Crippen LogP) is 5.30. The third kappa shape index (κ3) is 3.26. The molecule has 2 aromatic carbocycles. The maximum absolute atomic E-state index is 10.9. The maximum Gasteiger partial charge on any atom is 0.147 e. The summed E-state index contributed by atoms with van der Waals surface area (Å²) in [5, 5.41) is 15.2. The molecule has 0 aliphatic heterocycles. The number of pyridine rings is 2. The van der Waals surface area contributed by atoms with Crippen molar-refractivity contribution < 1.29 is 5.11 Å². The van der Waals surface area contributed by atoms with Gasteiger partial charge >= 0.3 is 0 Å². The first-order valence-corrected chi connectivity index (χ1v) is 9.01. The van der Waals surface area contributed by atoms with Crippen LogP contribution in [0.1, 0.15) is 17.2 Å². The third-order valence-electron chi connectivity index (χ3n) is 4.23. The maximum atomic E-state index is 10.9. The van der Waals surface area contributed by atoms with Gasteiger partial charge in [0.05, 0.1) is 6.04 Å². The summed E-state index contributed by atoms with van der Waals surface area (Å²) in [6, 6.07) is 21.1. The van der Waals surface area contributed by atoms with Gasteiger partial charge in [-0.05, 0) is 35.9 Å². The van der Waals surface area contributed by atoms with E-state index in [9.17, 15) is 5.11 Å². The highest BCUT2D eigenvalue weighted by atomic mass is 79.9. The van der Waals surface area contributed by atoms with Crippen molar-refractivity contribution in [2.45, 2.75) is 6.04 Å². The van der Waals surface area contributed by atoms with Gasteiger partial charge in [0, 0.05) is 27.8 Å². The monoisotopic (exact) mass is 405 g/mol. The fraction of sp³-hybridized carbons (Fsp3) is 0.0476. The number of rotatable bonds is 4. The van der Waals surface area contributed by atoms with Gasteiger partial charge < -0.3 is 10.4 Å². The van der Waals surface area contributed by atoms with E-state index in [1.807, 2.05) is 66.7 Å². The van der Waals surface area contributed by atoms with E-state index in [2.05, 4.69) is 31.2 Å². The van der Waals surface area contributed by atoms with Crippen molar-refractivity contribution in [3.63, 3.8) is 0 Å². The van der Waals surface area contributed by atoms with Crippen molar-refractivity contribution in [3.8, 4) is 5.75 Å².